The number of rotatable bonds is 0. The fourth-order valence-corrected chi connectivity index (χ4v) is 0. The second kappa shape index (κ2) is 14.5. The van der Waals surface area contributed by atoms with Gasteiger partial charge in [-0.05, 0) is 0 Å². The Morgan fingerprint density at radius 2 is 0.500 bits per heavy atom. The molecule has 0 unspecified atom stereocenters. The molecule has 0 aliphatic carbocycles. The summed E-state index contributed by atoms with van der Waals surface area (Å²) in [4.78, 5) is 0. The molecule has 0 spiro atoms. The van der Waals surface area contributed by atoms with Gasteiger partial charge in [0, 0.05) is 31.2 Å². The summed E-state index contributed by atoms with van der Waals surface area (Å²) in [6, 6.07) is 0. The monoisotopic (exact) mass is 460 g/mol. The van der Waals surface area contributed by atoms with Crippen molar-refractivity contribution in [3.63, 3.8) is 0 Å². The van der Waals surface area contributed by atoms with Crippen molar-refractivity contribution in [3.05, 3.63) is 0 Å². The van der Waals surface area contributed by atoms with E-state index in [0.717, 1.165) is 0 Å². The first-order valence-electron chi connectivity index (χ1n) is 2.00. The summed E-state index contributed by atoms with van der Waals surface area (Å²) < 4.78 is 102. The predicted octanol–water partition coefficient (Wildman–Crippen LogP) is -4.02. The van der Waals surface area contributed by atoms with E-state index < -0.39 is 31.2 Å². The van der Waals surface area contributed by atoms with E-state index in [1.165, 1.54) is 0 Å². The molecule has 12 nitrogen and oxygen atoms in total. The van der Waals surface area contributed by atoms with Crippen molar-refractivity contribution in [2.24, 2.45) is 0 Å². The molecular weight excluding hydrogens is 461 g/mol. The molecule has 0 atom stereocenters. The van der Waals surface area contributed by atoms with Gasteiger partial charge < -0.3 is 27.3 Å². The maximum Gasteiger partial charge on any atom is 2.00 e. The van der Waals surface area contributed by atoms with Crippen molar-refractivity contribution in [1.29, 1.82) is 0 Å². The number of hydrogen-bond donors (Lipinski definition) is 0. The van der Waals surface area contributed by atoms with Gasteiger partial charge in [0.15, 0.2) is 0 Å². The summed E-state index contributed by atoms with van der Waals surface area (Å²) in [7, 11) is -15.5. The van der Waals surface area contributed by atoms with Gasteiger partial charge in [-0.2, -0.15) is 0 Å². The topological polar surface area (TPSA) is 241 Å². The van der Waals surface area contributed by atoms with Crippen LogP contribution in [0.5, 0.6) is 0 Å². The van der Waals surface area contributed by atoms with Crippen LogP contribution >= 0.6 is 0 Å². The Balaban J connectivity index is -0.0000000277. The molecule has 0 bridgehead atoms. The van der Waals surface area contributed by atoms with Crippen LogP contribution in [0.15, 0.2) is 0 Å². The molecule has 0 aliphatic rings. The molecular formula is CoMnNiO12S3. The van der Waals surface area contributed by atoms with E-state index in [0.29, 0.717) is 0 Å². The molecule has 0 aromatic heterocycles. The van der Waals surface area contributed by atoms with Crippen LogP contribution in [0.3, 0.4) is 0 Å². The zero-order chi connectivity index (χ0) is 13.5. The standard InChI is InChI=1S/Co.Mn.Ni.3H2O4S/c;;;3*1-5(2,3)4/h;;;3*(H2,1,2,3,4)/q3*+2;;;/p-6. The van der Waals surface area contributed by atoms with Gasteiger partial charge in [-0.15, -0.1) is 0 Å². The molecule has 0 heterocycles. The summed E-state index contributed by atoms with van der Waals surface area (Å²) >= 11 is 0. The quantitative estimate of drug-likeness (QED) is 0.190. The maximum absolute atomic E-state index is 8.52. The van der Waals surface area contributed by atoms with Crippen molar-refractivity contribution >= 4 is 31.2 Å². The van der Waals surface area contributed by atoms with Crippen LogP contribution in [0.25, 0.3) is 0 Å². The van der Waals surface area contributed by atoms with Crippen molar-refractivity contribution in [1.82, 2.24) is 0 Å². The van der Waals surface area contributed by atoms with Crippen LogP contribution in [0, 0.1) is 0 Å². The van der Waals surface area contributed by atoms with E-state index in [4.69, 9.17) is 52.6 Å². The second-order valence-corrected chi connectivity index (χ2v) is 3.67. The molecule has 2 radical (unpaired) electrons. The van der Waals surface area contributed by atoms with Crippen LogP contribution in [-0.4, -0.2) is 52.6 Å². The van der Waals surface area contributed by atoms with E-state index in [1.54, 1.807) is 0 Å². The minimum Gasteiger partial charge on any atom is -0.759 e. The molecule has 116 valence electrons. The zero-order valence-corrected chi connectivity index (χ0v) is 12.8. The van der Waals surface area contributed by atoms with E-state index in [1.807, 2.05) is 0 Å². The molecule has 0 fully saturated rings. The van der Waals surface area contributed by atoms with Crippen LogP contribution in [0.4, 0.5) is 0 Å². The van der Waals surface area contributed by atoms with Gasteiger partial charge >= 0.3 is 50.3 Å². The van der Waals surface area contributed by atoms with Crippen LogP contribution in [0.1, 0.15) is 0 Å². The summed E-state index contributed by atoms with van der Waals surface area (Å²) in [5.74, 6) is 0. The summed E-state index contributed by atoms with van der Waals surface area (Å²) in [5.41, 5.74) is 0. The third-order valence-corrected chi connectivity index (χ3v) is 0. The third-order valence-electron chi connectivity index (χ3n) is 0. The van der Waals surface area contributed by atoms with Gasteiger partial charge in [-0.1, -0.05) is 0 Å². The average molecular weight is 461 g/mol. The fourth-order valence-electron chi connectivity index (χ4n) is 0. The maximum atomic E-state index is 8.52. The SMILES string of the molecule is O=S(=O)([O-])[O-].O=S(=O)([O-])[O-].O=S(=O)([O-])[O-].[Co+2].[Mn+2].[Ni+2]. The molecule has 0 aromatic carbocycles. The molecule has 18 heavy (non-hydrogen) atoms. The van der Waals surface area contributed by atoms with E-state index in [-0.39, 0.29) is 50.3 Å². The van der Waals surface area contributed by atoms with Crippen molar-refractivity contribution in [3.8, 4) is 0 Å². The third kappa shape index (κ3) is 3490. The summed E-state index contributed by atoms with van der Waals surface area (Å²) in [6.45, 7) is 0. The van der Waals surface area contributed by atoms with Gasteiger partial charge in [0.05, 0.1) is 0 Å². The molecule has 0 amide bonds. The Hall–Kier alpha value is 1.13. The van der Waals surface area contributed by atoms with Crippen molar-refractivity contribution in [2.75, 3.05) is 0 Å². The Bertz CT molecular complexity index is 348. The van der Waals surface area contributed by atoms with Gasteiger partial charge in [0.1, 0.15) is 0 Å². The van der Waals surface area contributed by atoms with E-state index >= 15 is 0 Å². The fraction of sp³-hybridized carbons (Fsp3) is 0. The minimum atomic E-state index is -5.17. The molecule has 0 aromatic rings. The summed E-state index contributed by atoms with van der Waals surface area (Å²) in [5, 5.41) is 0. The van der Waals surface area contributed by atoms with Gasteiger partial charge in [-0.3, -0.25) is 25.3 Å². The molecule has 0 saturated carbocycles. The van der Waals surface area contributed by atoms with Crippen LogP contribution in [-0.2, 0) is 81.5 Å². The van der Waals surface area contributed by atoms with Crippen LogP contribution in [0.2, 0.25) is 0 Å². The number of hydrogen-bond acceptors (Lipinski definition) is 12. The average Bonchev–Trinajstić information content (AvgIpc) is 1.41. The smallest absolute Gasteiger partial charge is 0.759 e. The van der Waals surface area contributed by atoms with E-state index in [9.17, 15) is 0 Å². The predicted molar refractivity (Wildman–Crippen MR) is 31.4 cm³/mol. The van der Waals surface area contributed by atoms with Crippen molar-refractivity contribution in [2.45, 2.75) is 0 Å². The first kappa shape index (κ1) is 36.5. The van der Waals surface area contributed by atoms with Gasteiger partial charge in [0.2, 0.25) is 0 Å². The Kier molecular flexibility index (Phi) is 29.5. The van der Waals surface area contributed by atoms with E-state index in [2.05, 4.69) is 0 Å². The van der Waals surface area contributed by atoms with Crippen LogP contribution < -0.4 is 0 Å². The molecule has 0 aliphatic heterocycles. The van der Waals surface area contributed by atoms with Crippen molar-refractivity contribution < 1.29 is 103 Å². The first-order chi connectivity index (χ1) is 6.00. The largest absolute Gasteiger partial charge is 2.00 e. The minimum absolute atomic E-state index is 0. The normalized spacial score (nSPS) is 9.67. The molecule has 0 rings (SSSR count). The summed E-state index contributed by atoms with van der Waals surface area (Å²) in [6.07, 6.45) is 0. The first-order valence-corrected chi connectivity index (χ1v) is 6.00. The van der Waals surface area contributed by atoms with Gasteiger partial charge in [0.25, 0.3) is 0 Å². The van der Waals surface area contributed by atoms with Gasteiger partial charge in [-0.25, -0.2) is 0 Å². The zero-order valence-electron chi connectivity index (χ0n) is 7.15. The molecule has 18 heteroatoms. The Labute approximate surface area is 133 Å². The Morgan fingerprint density at radius 3 is 0.500 bits per heavy atom. The molecule has 0 N–H and O–H groups in total. The second-order valence-electron chi connectivity index (χ2n) is 1.22. The Morgan fingerprint density at radius 1 is 0.500 bits per heavy atom. The molecule has 0 saturated heterocycles.